The highest BCUT2D eigenvalue weighted by Crippen LogP contribution is 2.21. The number of carbonyl (C=O) groups excluding carboxylic acids is 1. The zero-order chi connectivity index (χ0) is 13.0. The second kappa shape index (κ2) is 6.36. The van der Waals surface area contributed by atoms with Gasteiger partial charge in [0.1, 0.15) is 0 Å². The number of carbonyl (C=O) groups is 1. The first kappa shape index (κ1) is 14.5. The van der Waals surface area contributed by atoms with Gasteiger partial charge in [0.05, 0.1) is 6.04 Å². The monoisotopic (exact) mass is 241 g/mol. The first-order valence-corrected chi connectivity index (χ1v) is 6.66. The third-order valence-corrected chi connectivity index (χ3v) is 3.74. The number of likely N-dealkylation sites (N-methyl/N-ethyl adjacent to an activating group) is 1. The Morgan fingerprint density at radius 1 is 1.29 bits per heavy atom. The molecule has 3 atom stereocenters. The van der Waals surface area contributed by atoms with E-state index in [0.717, 1.165) is 12.8 Å². The van der Waals surface area contributed by atoms with Crippen LogP contribution >= 0.6 is 0 Å². The van der Waals surface area contributed by atoms with Gasteiger partial charge in [0, 0.05) is 12.1 Å². The predicted octanol–water partition coefficient (Wildman–Crippen LogP) is 0.959. The maximum absolute atomic E-state index is 12.0. The Morgan fingerprint density at radius 3 is 2.41 bits per heavy atom. The molecule has 1 aliphatic carbocycles. The van der Waals surface area contributed by atoms with E-state index in [1.165, 1.54) is 12.8 Å². The van der Waals surface area contributed by atoms with E-state index in [4.69, 9.17) is 5.73 Å². The lowest BCUT2D eigenvalue weighted by Gasteiger charge is -2.37. The Balaban J connectivity index is 2.56. The second-order valence-electron chi connectivity index (χ2n) is 5.70. The number of hydrogen-bond donors (Lipinski definition) is 2. The zero-order valence-corrected chi connectivity index (χ0v) is 11.6. The molecule has 0 aliphatic heterocycles. The van der Waals surface area contributed by atoms with Crippen LogP contribution in [0.3, 0.4) is 0 Å². The van der Waals surface area contributed by atoms with Crippen molar-refractivity contribution in [3.8, 4) is 0 Å². The minimum absolute atomic E-state index is 0.00116. The van der Waals surface area contributed by atoms with Crippen molar-refractivity contribution in [3.63, 3.8) is 0 Å². The van der Waals surface area contributed by atoms with Gasteiger partial charge in [0.2, 0.25) is 5.91 Å². The van der Waals surface area contributed by atoms with E-state index in [0.29, 0.717) is 6.04 Å². The topological polar surface area (TPSA) is 58.4 Å². The van der Waals surface area contributed by atoms with Gasteiger partial charge in [-0.25, -0.2) is 0 Å². The van der Waals surface area contributed by atoms with Crippen LogP contribution in [0.2, 0.25) is 0 Å². The smallest absolute Gasteiger partial charge is 0.237 e. The summed E-state index contributed by atoms with van der Waals surface area (Å²) in [5, 5.41) is 3.13. The minimum atomic E-state index is -0.389. The third-order valence-electron chi connectivity index (χ3n) is 3.74. The standard InChI is InChI=1S/C13H27N3O/c1-9(2)12(14)13(17)15-10-7-5-6-8-11(10)16(3)4/h9-12H,5-8,14H2,1-4H3,(H,15,17)/t10?,11-,12?/m0/s1. The summed E-state index contributed by atoms with van der Waals surface area (Å²) in [6, 6.07) is 0.322. The lowest BCUT2D eigenvalue weighted by atomic mass is 9.89. The van der Waals surface area contributed by atoms with Crippen LogP contribution in [0.4, 0.5) is 0 Å². The molecule has 2 unspecified atom stereocenters. The molecule has 1 aliphatic rings. The molecule has 4 heteroatoms. The Morgan fingerprint density at radius 2 is 1.88 bits per heavy atom. The Kier molecular flexibility index (Phi) is 5.40. The highest BCUT2D eigenvalue weighted by Gasteiger charge is 2.29. The summed E-state index contributed by atoms with van der Waals surface area (Å²) in [5.41, 5.74) is 5.87. The van der Waals surface area contributed by atoms with Crippen LogP contribution in [0, 0.1) is 5.92 Å². The maximum Gasteiger partial charge on any atom is 0.237 e. The van der Waals surface area contributed by atoms with Crippen LogP contribution in [0.5, 0.6) is 0 Å². The van der Waals surface area contributed by atoms with Crippen LogP contribution in [0.25, 0.3) is 0 Å². The molecule has 0 saturated heterocycles. The summed E-state index contributed by atoms with van der Waals surface area (Å²) in [5.74, 6) is 0.190. The highest BCUT2D eigenvalue weighted by atomic mass is 16.2. The molecule has 1 saturated carbocycles. The summed E-state index contributed by atoms with van der Waals surface area (Å²) in [7, 11) is 4.16. The van der Waals surface area contributed by atoms with Gasteiger partial charge in [-0.2, -0.15) is 0 Å². The fraction of sp³-hybridized carbons (Fsp3) is 0.923. The number of nitrogens with zero attached hydrogens (tertiary/aromatic N) is 1. The van der Waals surface area contributed by atoms with Crippen molar-refractivity contribution in [3.05, 3.63) is 0 Å². The summed E-state index contributed by atoms with van der Waals surface area (Å²) in [6.45, 7) is 3.96. The van der Waals surface area contributed by atoms with Gasteiger partial charge in [-0.05, 0) is 32.9 Å². The first-order valence-electron chi connectivity index (χ1n) is 6.66. The number of amides is 1. The molecule has 1 fully saturated rings. The van der Waals surface area contributed by atoms with E-state index in [2.05, 4.69) is 24.3 Å². The minimum Gasteiger partial charge on any atom is -0.350 e. The quantitative estimate of drug-likeness (QED) is 0.771. The lowest BCUT2D eigenvalue weighted by molar-refractivity contribution is -0.124. The number of hydrogen-bond acceptors (Lipinski definition) is 3. The normalized spacial score (nSPS) is 27.2. The van der Waals surface area contributed by atoms with E-state index < -0.39 is 0 Å². The van der Waals surface area contributed by atoms with Crippen molar-refractivity contribution in [2.75, 3.05) is 14.1 Å². The molecule has 1 rings (SSSR count). The van der Waals surface area contributed by atoms with Crippen LogP contribution in [0.15, 0.2) is 0 Å². The molecule has 0 aromatic heterocycles. The van der Waals surface area contributed by atoms with Crippen molar-refractivity contribution in [2.24, 2.45) is 11.7 Å². The van der Waals surface area contributed by atoms with Gasteiger partial charge >= 0.3 is 0 Å². The van der Waals surface area contributed by atoms with Crippen molar-refractivity contribution >= 4 is 5.91 Å². The highest BCUT2D eigenvalue weighted by molar-refractivity contribution is 5.82. The summed E-state index contributed by atoms with van der Waals surface area (Å²) in [4.78, 5) is 14.2. The van der Waals surface area contributed by atoms with E-state index in [-0.39, 0.29) is 23.9 Å². The van der Waals surface area contributed by atoms with Gasteiger partial charge in [-0.1, -0.05) is 26.7 Å². The van der Waals surface area contributed by atoms with E-state index in [9.17, 15) is 4.79 Å². The average Bonchev–Trinajstić information content (AvgIpc) is 2.28. The van der Waals surface area contributed by atoms with E-state index in [1.54, 1.807) is 0 Å². The fourth-order valence-electron chi connectivity index (χ4n) is 2.48. The van der Waals surface area contributed by atoms with E-state index in [1.807, 2.05) is 13.8 Å². The number of rotatable bonds is 4. The molecule has 0 aromatic carbocycles. The van der Waals surface area contributed by atoms with Gasteiger partial charge in [0.15, 0.2) is 0 Å². The summed E-state index contributed by atoms with van der Waals surface area (Å²) >= 11 is 0. The van der Waals surface area contributed by atoms with Gasteiger partial charge < -0.3 is 16.0 Å². The van der Waals surface area contributed by atoms with Crippen molar-refractivity contribution in [1.82, 2.24) is 10.2 Å². The van der Waals surface area contributed by atoms with Crippen LogP contribution < -0.4 is 11.1 Å². The third kappa shape index (κ3) is 3.96. The van der Waals surface area contributed by atoms with Crippen molar-refractivity contribution < 1.29 is 4.79 Å². The molecule has 1 amide bonds. The Labute approximate surface area is 105 Å². The van der Waals surface area contributed by atoms with Crippen molar-refractivity contribution in [1.29, 1.82) is 0 Å². The molecule has 0 spiro atoms. The molecule has 100 valence electrons. The molecular weight excluding hydrogens is 214 g/mol. The first-order chi connectivity index (χ1) is 7.93. The molecule has 0 bridgehead atoms. The number of nitrogens with one attached hydrogen (secondary N) is 1. The fourth-order valence-corrected chi connectivity index (χ4v) is 2.48. The van der Waals surface area contributed by atoms with E-state index >= 15 is 0 Å². The zero-order valence-electron chi connectivity index (χ0n) is 11.6. The lowest BCUT2D eigenvalue weighted by Crippen LogP contribution is -2.55. The largest absolute Gasteiger partial charge is 0.350 e. The molecular formula is C13H27N3O. The molecule has 17 heavy (non-hydrogen) atoms. The summed E-state index contributed by atoms with van der Waals surface area (Å²) < 4.78 is 0. The Bertz CT molecular complexity index is 253. The maximum atomic E-state index is 12.0. The molecule has 3 N–H and O–H groups in total. The molecule has 0 aromatic rings. The average molecular weight is 241 g/mol. The number of nitrogens with two attached hydrogens (primary N) is 1. The second-order valence-corrected chi connectivity index (χ2v) is 5.70. The van der Waals surface area contributed by atoms with Gasteiger partial charge in [0.25, 0.3) is 0 Å². The molecule has 4 nitrogen and oxygen atoms in total. The van der Waals surface area contributed by atoms with Gasteiger partial charge in [-0.3, -0.25) is 4.79 Å². The van der Waals surface area contributed by atoms with Crippen LogP contribution in [0.1, 0.15) is 39.5 Å². The molecule has 0 heterocycles. The predicted molar refractivity (Wildman–Crippen MR) is 70.7 cm³/mol. The molecule has 0 radical (unpaired) electrons. The SMILES string of the molecule is CC(C)C(N)C(=O)NC1CCCC[C@@H]1N(C)C. The van der Waals surface area contributed by atoms with Gasteiger partial charge in [-0.15, -0.1) is 0 Å². The summed E-state index contributed by atoms with van der Waals surface area (Å²) in [6.07, 6.45) is 4.69. The van der Waals surface area contributed by atoms with Crippen molar-refractivity contribution in [2.45, 2.75) is 57.7 Å². The van der Waals surface area contributed by atoms with Crippen LogP contribution in [-0.4, -0.2) is 43.0 Å². The Hall–Kier alpha value is -0.610. The van der Waals surface area contributed by atoms with Crippen LogP contribution in [-0.2, 0) is 4.79 Å².